The zero-order valence-electron chi connectivity index (χ0n) is 11.2. The van der Waals surface area contributed by atoms with E-state index in [1.54, 1.807) is 4.90 Å². The number of piperidine rings is 1. The Kier molecular flexibility index (Phi) is 4.46. The number of carboxylic acid groups (broad SMARTS) is 2. The first-order valence-electron chi connectivity index (χ1n) is 7.00. The summed E-state index contributed by atoms with van der Waals surface area (Å²) in [6.07, 6.45) is 4.59. The highest BCUT2D eigenvalue weighted by Gasteiger charge is 2.38. The van der Waals surface area contributed by atoms with Crippen LogP contribution in [0.1, 0.15) is 38.5 Å². The number of hydrogen-bond acceptors (Lipinski definition) is 3. The summed E-state index contributed by atoms with van der Waals surface area (Å²) in [4.78, 5) is 35.5. The first-order chi connectivity index (χ1) is 9.49. The van der Waals surface area contributed by atoms with Crippen molar-refractivity contribution in [1.29, 1.82) is 0 Å². The van der Waals surface area contributed by atoms with Crippen molar-refractivity contribution in [2.45, 2.75) is 50.6 Å². The first-order valence-corrected chi connectivity index (χ1v) is 7.00. The van der Waals surface area contributed by atoms with E-state index in [4.69, 9.17) is 10.2 Å². The van der Waals surface area contributed by atoms with Crippen molar-refractivity contribution < 1.29 is 24.6 Å². The number of aliphatic carboxylic acids is 2. The van der Waals surface area contributed by atoms with Crippen LogP contribution in [0.3, 0.4) is 0 Å². The van der Waals surface area contributed by atoms with Crippen molar-refractivity contribution in [2.24, 2.45) is 5.92 Å². The molecule has 1 heterocycles. The van der Waals surface area contributed by atoms with Gasteiger partial charge < -0.3 is 20.4 Å². The van der Waals surface area contributed by atoms with Crippen molar-refractivity contribution in [1.82, 2.24) is 10.2 Å². The van der Waals surface area contributed by atoms with Crippen molar-refractivity contribution in [3.05, 3.63) is 0 Å². The van der Waals surface area contributed by atoms with E-state index in [9.17, 15) is 14.4 Å². The molecule has 2 rings (SSSR count). The molecule has 2 aliphatic rings. The lowest BCUT2D eigenvalue weighted by molar-refractivity contribution is -0.145. The molecule has 0 radical (unpaired) electrons. The molecule has 7 nitrogen and oxygen atoms in total. The normalized spacial score (nSPS) is 26.7. The largest absolute Gasteiger partial charge is 0.481 e. The number of urea groups is 1. The Morgan fingerprint density at radius 2 is 1.85 bits per heavy atom. The quantitative estimate of drug-likeness (QED) is 0.710. The van der Waals surface area contributed by atoms with Crippen molar-refractivity contribution in [2.75, 3.05) is 6.54 Å². The first kappa shape index (κ1) is 14.6. The third-order valence-corrected chi connectivity index (χ3v) is 4.23. The number of nitrogens with zero attached hydrogens (tertiary/aromatic N) is 1. The van der Waals surface area contributed by atoms with E-state index in [-0.39, 0.29) is 6.04 Å². The highest BCUT2D eigenvalue weighted by Crippen LogP contribution is 2.36. The van der Waals surface area contributed by atoms with Gasteiger partial charge in [0.15, 0.2) is 0 Å². The second-order valence-corrected chi connectivity index (χ2v) is 5.53. The van der Waals surface area contributed by atoms with Gasteiger partial charge in [0.25, 0.3) is 0 Å². The lowest BCUT2D eigenvalue weighted by Gasteiger charge is -2.38. The van der Waals surface area contributed by atoms with Crippen LogP contribution in [-0.2, 0) is 9.59 Å². The number of carbonyl (C=O) groups excluding carboxylic acids is 1. The zero-order valence-corrected chi connectivity index (χ0v) is 11.2. The fraction of sp³-hybridized carbons (Fsp3) is 0.769. The molecule has 0 aromatic heterocycles. The summed E-state index contributed by atoms with van der Waals surface area (Å²) in [5.74, 6) is -2.05. The molecule has 20 heavy (non-hydrogen) atoms. The van der Waals surface area contributed by atoms with Crippen LogP contribution in [0, 0.1) is 5.92 Å². The number of rotatable bonds is 4. The molecule has 1 saturated carbocycles. The van der Waals surface area contributed by atoms with Crippen LogP contribution in [-0.4, -0.2) is 51.7 Å². The van der Waals surface area contributed by atoms with Gasteiger partial charge in [0.2, 0.25) is 0 Å². The number of amides is 2. The van der Waals surface area contributed by atoms with Crippen LogP contribution in [0.15, 0.2) is 0 Å². The minimum Gasteiger partial charge on any atom is -0.481 e. The predicted molar refractivity (Wildman–Crippen MR) is 69.3 cm³/mol. The molecule has 1 aliphatic heterocycles. The van der Waals surface area contributed by atoms with Gasteiger partial charge in [0.05, 0.1) is 6.42 Å². The van der Waals surface area contributed by atoms with Crippen LogP contribution in [0.25, 0.3) is 0 Å². The summed E-state index contributed by atoms with van der Waals surface area (Å²) in [7, 11) is 0. The Bertz CT molecular complexity index is 412. The van der Waals surface area contributed by atoms with Crippen molar-refractivity contribution in [3.8, 4) is 0 Å². The molecule has 1 aliphatic carbocycles. The summed E-state index contributed by atoms with van der Waals surface area (Å²) >= 11 is 0. The van der Waals surface area contributed by atoms with Crippen molar-refractivity contribution in [3.63, 3.8) is 0 Å². The number of likely N-dealkylation sites (tertiary alicyclic amines) is 1. The highest BCUT2D eigenvalue weighted by atomic mass is 16.4. The van der Waals surface area contributed by atoms with Crippen molar-refractivity contribution >= 4 is 18.0 Å². The van der Waals surface area contributed by atoms with Crippen LogP contribution in [0.4, 0.5) is 4.79 Å². The number of carboxylic acids is 2. The molecule has 7 heteroatoms. The zero-order chi connectivity index (χ0) is 14.7. The molecule has 2 fully saturated rings. The van der Waals surface area contributed by atoms with Crippen LogP contribution < -0.4 is 5.32 Å². The molecular formula is C13H20N2O5. The number of carbonyl (C=O) groups is 3. The van der Waals surface area contributed by atoms with E-state index in [1.807, 2.05) is 0 Å². The molecular weight excluding hydrogens is 264 g/mol. The molecule has 3 N–H and O–H groups in total. The van der Waals surface area contributed by atoms with Gasteiger partial charge in [0.1, 0.15) is 6.04 Å². The van der Waals surface area contributed by atoms with E-state index >= 15 is 0 Å². The molecule has 2 amide bonds. The fourth-order valence-electron chi connectivity index (χ4n) is 3.31. The fourth-order valence-corrected chi connectivity index (χ4v) is 3.31. The van der Waals surface area contributed by atoms with Gasteiger partial charge in [-0.2, -0.15) is 0 Å². The van der Waals surface area contributed by atoms with Crippen LogP contribution >= 0.6 is 0 Å². The Balaban J connectivity index is 1.98. The summed E-state index contributed by atoms with van der Waals surface area (Å²) in [6.45, 7) is 0.617. The van der Waals surface area contributed by atoms with Gasteiger partial charge in [-0.15, -0.1) is 0 Å². The van der Waals surface area contributed by atoms with E-state index in [2.05, 4.69) is 5.32 Å². The van der Waals surface area contributed by atoms with Crippen LogP contribution in [0.2, 0.25) is 0 Å². The second-order valence-electron chi connectivity index (χ2n) is 5.53. The van der Waals surface area contributed by atoms with E-state index < -0.39 is 30.4 Å². The van der Waals surface area contributed by atoms with Gasteiger partial charge in [-0.05, 0) is 31.6 Å². The standard InChI is InChI=1S/C13H20N2O5/c16-11(17)7-9(12(18)19)14-13(20)15-6-2-4-8-3-1-5-10(8)15/h8-10H,1-7H2,(H,14,20)(H,16,17)(H,18,19)/t8?,9-,10?/m1/s1. The average molecular weight is 284 g/mol. The maximum atomic E-state index is 12.2. The molecule has 0 aromatic carbocycles. The molecule has 3 atom stereocenters. The third-order valence-electron chi connectivity index (χ3n) is 4.23. The maximum Gasteiger partial charge on any atom is 0.326 e. The topological polar surface area (TPSA) is 107 Å². The number of nitrogens with one attached hydrogen (secondary N) is 1. The minimum atomic E-state index is -1.37. The summed E-state index contributed by atoms with van der Waals surface area (Å²) in [5.41, 5.74) is 0. The summed E-state index contributed by atoms with van der Waals surface area (Å²) in [5, 5.41) is 20.0. The van der Waals surface area contributed by atoms with Gasteiger partial charge in [-0.1, -0.05) is 6.42 Å². The monoisotopic (exact) mass is 284 g/mol. The van der Waals surface area contributed by atoms with Gasteiger partial charge >= 0.3 is 18.0 Å². The lowest BCUT2D eigenvalue weighted by atomic mass is 9.92. The smallest absolute Gasteiger partial charge is 0.326 e. The van der Waals surface area contributed by atoms with Gasteiger partial charge in [-0.3, -0.25) is 4.79 Å². The summed E-state index contributed by atoms with van der Waals surface area (Å²) < 4.78 is 0. The van der Waals surface area contributed by atoms with Gasteiger partial charge in [-0.25, -0.2) is 9.59 Å². The summed E-state index contributed by atoms with van der Waals surface area (Å²) in [6, 6.07) is -1.64. The minimum absolute atomic E-state index is 0.183. The number of fused-ring (bicyclic) bond motifs is 1. The van der Waals surface area contributed by atoms with Gasteiger partial charge in [0, 0.05) is 12.6 Å². The average Bonchev–Trinajstić information content (AvgIpc) is 2.84. The van der Waals surface area contributed by atoms with Crippen LogP contribution in [0.5, 0.6) is 0 Å². The molecule has 0 aromatic rings. The molecule has 112 valence electrons. The van der Waals surface area contributed by atoms with E-state index in [0.29, 0.717) is 12.5 Å². The lowest BCUT2D eigenvalue weighted by Crippen LogP contribution is -2.54. The Labute approximate surface area is 116 Å². The molecule has 0 spiro atoms. The second kappa shape index (κ2) is 6.11. The molecule has 0 bridgehead atoms. The molecule has 2 unspecified atom stereocenters. The number of hydrogen-bond donors (Lipinski definition) is 3. The molecule has 1 saturated heterocycles. The SMILES string of the molecule is O=C(O)C[C@@H](NC(=O)N1CCCC2CCCC21)C(=O)O. The Hall–Kier alpha value is -1.79. The Morgan fingerprint density at radius 3 is 2.50 bits per heavy atom. The predicted octanol–water partition coefficient (Wildman–Crippen LogP) is 0.888. The maximum absolute atomic E-state index is 12.2. The third kappa shape index (κ3) is 3.20. The highest BCUT2D eigenvalue weighted by molar-refractivity contribution is 5.86. The Morgan fingerprint density at radius 1 is 1.15 bits per heavy atom. The van der Waals surface area contributed by atoms with E-state index in [1.165, 1.54) is 0 Å². The van der Waals surface area contributed by atoms with E-state index in [0.717, 1.165) is 32.1 Å².